The third-order valence-corrected chi connectivity index (χ3v) is 4.26. The van der Waals surface area contributed by atoms with Crippen molar-refractivity contribution in [3.05, 3.63) is 71.4 Å². The van der Waals surface area contributed by atoms with Crippen LogP contribution in [0.5, 0.6) is 5.75 Å². The molecular weight excluding hydrogens is 394 g/mol. The second-order valence-corrected chi connectivity index (χ2v) is 6.36. The summed E-state index contributed by atoms with van der Waals surface area (Å²) < 4.78 is 12.1. The lowest BCUT2D eigenvalue weighted by Gasteiger charge is -2.12. The van der Waals surface area contributed by atoms with E-state index < -0.39 is 5.97 Å². The lowest BCUT2D eigenvalue weighted by atomic mass is 10.3. The van der Waals surface area contributed by atoms with E-state index >= 15 is 0 Å². The Labute approximate surface area is 173 Å². The highest BCUT2D eigenvalue weighted by atomic mass is 35.5. The standard InChI is InChI=1S/C21H20ClN3O4/c1-2-28-21(27)16-14-23-25(15-8-4-3-5-9-15)20(16)24-19(26)12-13-29-18-11-7-6-10-17(18)22/h3-11,14H,2,12-13H2,1H3,(H,24,26). The van der Waals surface area contributed by atoms with Crippen LogP contribution in [0.3, 0.4) is 0 Å². The number of nitrogens with one attached hydrogen (secondary N) is 1. The number of benzene rings is 2. The highest BCUT2D eigenvalue weighted by Gasteiger charge is 2.21. The van der Waals surface area contributed by atoms with Gasteiger partial charge in [-0.2, -0.15) is 5.10 Å². The summed E-state index contributed by atoms with van der Waals surface area (Å²) in [5.41, 5.74) is 0.877. The van der Waals surface area contributed by atoms with E-state index in [4.69, 9.17) is 21.1 Å². The van der Waals surface area contributed by atoms with Gasteiger partial charge in [0.25, 0.3) is 0 Å². The molecule has 1 heterocycles. The number of halogens is 1. The van der Waals surface area contributed by atoms with Crippen molar-refractivity contribution < 1.29 is 19.1 Å². The summed E-state index contributed by atoms with van der Waals surface area (Å²) in [6.07, 6.45) is 1.44. The van der Waals surface area contributed by atoms with Gasteiger partial charge in [-0.05, 0) is 31.2 Å². The number of esters is 1. The van der Waals surface area contributed by atoms with Crippen LogP contribution >= 0.6 is 11.6 Å². The molecule has 0 aliphatic rings. The number of rotatable bonds is 8. The van der Waals surface area contributed by atoms with E-state index in [0.717, 1.165) is 0 Å². The van der Waals surface area contributed by atoms with Gasteiger partial charge in [0.05, 0.1) is 36.5 Å². The van der Waals surface area contributed by atoms with Crippen LogP contribution in [0.4, 0.5) is 5.82 Å². The van der Waals surface area contributed by atoms with Crippen molar-refractivity contribution in [1.82, 2.24) is 9.78 Å². The van der Waals surface area contributed by atoms with Crippen LogP contribution in [-0.2, 0) is 9.53 Å². The average Bonchev–Trinajstić information content (AvgIpc) is 3.14. The Morgan fingerprint density at radius 2 is 1.83 bits per heavy atom. The highest BCUT2D eigenvalue weighted by molar-refractivity contribution is 6.32. The zero-order chi connectivity index (χ0) is 20.6. The van der Waals surface area contributed by atoms with E-state index in [0.29, 0.717) is 16.5 Å². The first kappa shape index (κ1) is 20.4. The summed E-state index contributed by atoms with van der Waals surface area (Å²) >= 11 is 6.04. The molecule has 3 rings (SSSR count). The summed E-state index contributed by atoms with van der Waals surface area (Å²) in [5.74, 6) is -0.140. The quantitative estimate of drug-likeness (QED) is 0.562. The van der Waals surface area contributed by atoms with E-state index in [-0.39, 0.29) is 36.9 Å². The molecule has 7 nitrogen and oxygen atoms in total. The summed E-state index contributed by atoms with van der Waals surface area (Å²) in [4.78, 5) is 24.7. The second kappa shape index (κ2) is 9.75. The van der Waals surface area contributed by atoms with E-state index in [1.807, 2.05) is 30.3 Å². The van der Waals surface area contributed by atoms with E-state index in [9.17, 15) is 9.59 Å². The first-order valence-electron chi connectivity index (χ1n) is 9.08. The van der Waals surface area contributed by atoms with Crippen LogP contribution in [0.1, 0.15) is 23.7 Å². The first-order chi connectivity index (χ1) is 14.1. The van der Waals surface area contributed by atoms with Crippen LogP contribution < -0.4 is 10.1 Å². The zero-order valence-corrected chi connectivity index (χ0v) is 16.6. The molecule has 0 unspecified atom stereocenters. The predicted molar refractivity (Wildman–Crippen MR) is 110 cm³/mol. The Kier molecular flexibility index (Phi) is 6.86. The van der Waals surface area contributed by atoms with Gasteiger partial charge in [0.15, 0.2) is 5.82 Å². The molecule has 0 saturated carbocycles. The molecule has 8 heteroatoms. The predicted octanol–water partition coefficient (Wildman–Crippen LogP) is 4.11. The van der Waals surface area contributed by atoms with Crippen molar-refractivity contribution in [2.45, 2.75) is 13.3 Å². The topological polar surface area (TPSA) is 82.5 Å². The molecule has 2 aromatic carbocycles. The smallest absolute Gasteiger partial charge is 0.343 e. The number of aromatic nitrogens is 2. The monoisotopic (exact) mass is 413 g/mol. The molecule has 1 N–H and O–H groups in total. The Morgan fingerprint density at radius 1 is 1.10 bits per heavy atom. The molecule has 1 amide bonds. The largest absolute Gasteiger partial charge is 0.491 e. The third-order valence-electron chi connectivity index (χ3n) is 3.95. The third kappa shape index (κ3) is 5.14. The Bertz CT molecular complexity index is 989. The maximum atomic E-state index is 12.5. The van der Waals surface area contributed by atoms with Gasteiger partial charge in [0.1, 0.15) is 11.3 Å². The van der Waals surface area contributed by atoms with Crippen LogP contribution in [-0.4, -0.2) is 34.9 Å². The number of nitrogens with zero attached hydrogens (tertiary/aromatic N) is 2. The van der Waals surface area contributed by atoms with Gasteiger partial charge >= 0.3 is 5.97 Å². The van der Waals surface area contributed by atoms with Gasteiger partial charge in [-0.25, -0.2) is 9.48 Å². The minimum atomic E-state index is -0.558. The number of carbonyl (C=O) groups excluding carboxylic acids is 2. The number of carbonyl (C=O) groups is 2. The van der Waals surface area contributed by atoms with Crippen LogP contribution in [0.25, 0.3) is 5.69 Å². The number of ether oxygens (including phenoxy) is 2. The zero-order valence-electron chi connectivity index (χ0n) is 15.8. The molecule has 0 saturated heterocycles. The molecule has 150 valence electrons. The van der Waals surface area contributed by atoms with E-state index in [1.165, 1.54) is 10.9 Å². The summed E-state index contributed by atoms with van der Waals surface area (Å²) in [7, 11) is 0. The summed E-state index contributed by atoms with van der Waals surface area (Å²) in [6.45, 7) is 2.06. The maximum Gasteiger partial charge on any atom is 0.343 e. The van der Waals surface area contributed by atoms with Crippen LogP contribution in [0, 0.1) is 0 Å². The van der Waals surface area contributed by atoms with Gasteiger partial charge in [-0.1, -0.05) is 41.9 Å². The number of anilines is 1. The molecule has 0 fully saturated rings. The molecule has 29 heavy (non-hydrogen) atoms. The van der Waals surface area contributed by atoms with Gasteiger partial charge in [0, 0.05) is 0 Å². The SMILES string of the molecule is CCOC(=O)c1cnn(-c2ccccc2)c1NC(=O)CCOc1ccccc1Cl. The Hall–Kier alpha value is -3.32. The van der Waals surface area contributed by atoms with Crippen molar-refractivity contribution in [2.75, 3.05) is 18.5 Å². The molecular formula is C21H20ClN3O4. The number of hydrogen-bond acceptors (Lipinski definition) is 5. The molecule has 0 radical (unpaired) electrons. The van der Waals surface area contributed by atoms with E-state index in [2.05, 4.69) is 10.4 Å². The average molecular weight is 414 g/mol. The van der Waals surface area contributed by atoms with Crippen LogP contribution in [0.15, 0.2) is 60.8 Å². The minimum absolute atomic E-state index is 0.0630. The fourth-order valence-corrected chi connectivity index (χ4v) is 2.79. The first-order valence-corrected chi connectivity index (χ1v) is 9.45. The second-order valence-electron chi connectivity index (χ2n) is 5.95. The molecule has 0 bridgehead atoms. The summed E-state index contributed by atoms with van der Waals surface area (Å²) in [6, 6.07) is 16.2. The molecule has 0 atom stereocenters. The fraction of sp³-hybridized carbons (Fsp3) is 0.190. The fourth-order valence-electron chi connectivity index (χ4n) is 2.60. The molecule has 0 spiro atoms. The van der Waals surface area contributed by atoms with Gasteiger partial charge in [-0.15, -0.1) is 0 Å². The van der Waals surface area contributed by atoms with E-state index in [1.54, 1.807) is 31.2 Å². The highest BCUT2D eigenvalue weighted by Crippen LogP contribution is 2.24. The molecule has 3 aromatic rings. The van der Waals surface area contributed by atoms with Crippen molar-refractivity contribution in [1.29, 1.82) is 0 Å². The van der Waals surface area contributed by atoms with Crippen molar-refractivity contribution in [3.8, 4) is 11.4 Å². The van der Waals surface area contributed by atoms with Crippen molar-refractivity contribution >= 4 is 29.3 Å². The lowest BCUT2D eigenvalue weighted by Crippen LogP contribution is -2.20. The normalized spacial score (nSPS) is 10.4. The molecule has 0 aliphatic carbocycles. The Balaban J connectivity index is 1.74. The van der Waals surface area contributed by atoms with Gasteiger partial charge < -0.3 is 14.8 Å². The Morgan fingerprint density at radius 3 is 2.55 bits per heavy atom. The van der Waals surface area contributed by atoms with Gasteiger partial charge in [0.2, 0.25) is 5.91 Å². The lowest BCUT2D eigenvalue weighted by molar-refractivity contribution is -0.116. The number of amides is 1. The minimum Gasteiger partial charge on any atom is -0.491 e. The maximum absolute atomic E-state index is 12.5. The summed E-state index contributed by atoms with van der Waals surface area (Å²) in [5, 5.41) is 7.45. The van der Waals surface area contributed by atoms with Crippen molar-refractivity contribution in [2.24, 2.45) is 0 Å². The molecule has 0 aliphatic heterocycles. The van der Waals surface area contributed by atoms with Gasteiger partial charge in [-0.3, -0.25) is 4.79 Å². The van der Waals surface area contributed by atoms with Crippen molar-refractivity contribution in [3.63, 3.8) is 0 Å². The van der Waals surface area contributed by atoms with Crippen LogP contribution in [0.2, 0.25) is 5.02 Å². The number of hydrogen-bond donors (Lipinski definition) is 1. The number of para-hydroxylation sites is 2. The molecule has 1 aromatic heterocycles.